The summed E-state index contributed by atoms with van der Waals surface area (Å²) in [7, 11) is 0. The molecule has 0 saturated carbocycles. The van der Waals surface area contributed by atoms with E-state index in [4.69, 9.17) is 0 Å². The van der Waals surface area contributed by atoms with Gasteiger partial charge in [0.05, 0.1) is 6.42 Å². The number of carbonyl (C=O) groups excluding carboxylic acids is 1. The average molecular weight is 310 g/mol. The summed E-state index contributed by atoms with van der Waals surface area (Å²) in [5.74, 6) is -0.742. The number of H-pyrrole nitrogens is 1. The van der Waals surface area contributed by atoms with Crippen molar-refractivity contribution in [3.8, 4) is 0 Å². The van der Waals surface area contributed by atoms with Gasteiger partial charge < -0.3 is 10.3 Å². The van der Waals surface area contributed by atoms with Crippen LogP contribution in [0.4, 0.5) is 4.39 Å². The summed E-state index contributed by atoms with van der Waals surface area (Å²) in [5.41, 5.74) is 1.30. The molecule has 1 amide bonds. The van der Waals surface area contributed by atoms with Crippen molar-refractivity contribution in [1.29, 1.82) is 0 Å². The molecule has 5 heteroatoms. The van der Waals surface area contributed by atoms with Crippen molar-refractivity contribution < 1.29 is 9.18 Å². The number of aromatic nitrogens is 1. The fourth-order valence-corrected chi connectivity index (χ4v) is 2.39. The molecule has 0 aliphatic carbocycles. The molecule has 0 saturated heterocycles. The minimum absolute atomic E-state index is 0.0574. The molecule has 0 atom stereocenters. The molecule has 0 fully saturated rings. The molecular weight excluding hydrogens is 295 g/mol. The summed E-state index contributed by atoms with van der Waals surface area (Å²) in [6.45, 7) is 0.105. The summed E-state index contributed by atoms with van der Waals surface area (Å²) < 4.78 is 13.5. The Morgan fingerprint density at radius 2 is 1.78 bits per heavy atom. The van der Waals surface area contributed by atoms with Gasteiger partial charge in [0.15, 0.2) is 0 Å². The van der Waals surface area contributed by atoms with Crippen molar-refractivity contribution >= 4 is 16.8 Å². The second kappa shape index (κ2) is 6.44. The first-order valence-electron chi connectivity index (χ1n) is 7.24. The van der Waals surface area contributed by atoms with Gasteiger partial charge in [-0.25, -0.2) is 4.39 Å². The molecule has 3 aromatic rings. The van der Waals surface area contributed by atoms with E-state index in [-0.39, 0.29) is 24.4 Å². The number of hydrogen-bond donors (Lipinski definition) is 2. The number of amides is 1. The quantitative estimate of drug-likeness (QED) is 0.778. The van der Waals surface area contributed by atoms with Crippen molar-refractivity contribution in [2.45, 2.75) is 13.0 Å². The number of aromatic amines is 1. The van der Waals surface area contributed by atoms with Gasteiger partial charge in [-0.3, -0.25) is 9.59 Å². The Morgan fingerprint density at radius 3 is 2.61 bits per heavy atom. The van der Waals surface area contributed by atoms with E-state index < -0.39 is 5.82 Å². The van der Waals surface area contributed by atoms with Crippen LogP contribution in [0.15, 0.2) is 59.4 Å². The Labute approximate surface area is 132 Å². The summed E-state index contributed by atoms with van der Waals surface area (Å²) in [6, 6.07) is 15.3. The Kier molecular flexibility index (Phi) is 4.19. The number of para-hydroxylation sites is 1. The number of benzene rings is 2. The van der Waals surface area contributed by atoms with E-state index in [9.17, 15) is 14.0 Å². The number of nitrogens with one attached hydrogen (secondary N) is 2. The van der Waals surface area contributed by atoms with Crippen LogP contribution < -0.4 is 10.9 Å². The molecule has 4 nitrogen and oxygen atoms in total. The third kappa shape index (κ3) is 3.45. The van der Waals surface area contributed by atoms with Gasteiger partial charge in [-0.2, -0.15) is 0 Å². The summed E-state index contributed by atoms with van der Waals surface area (Å²) in [4.78, 5) is 26.7. The molecule has 0 radical (unpaired) electrons. The van der Waals surface area contributed by atoms with Crippen LogP contribution in [0.1, 0.15) is 11.1 Å². The molecule has 1 heterocycles. The molecule has 0 spiro atoms. The Morgan fingerprint density at radius 1 is 1.04 bits per heavy atom. The molecule has 23 heavy (non-hydrogen) atoms. The SMILES string of the molecule is O=C(Cc1ccccc1F)NCc1cc2ccccc2[nH]c1=O. The highest BCUT2D eigenvalue weighted by molar-refractivity contribution is 5.80. The molecule has 0 unspecified atom stereocenters. The van der Waals surface area contributed by atoms with E-state index in [0.29, 0.717) is 11.1 Å². The minimum Gasteiger partial charge on any atom is -0.352 e. The van der Waals surface area contributed by atoms with Crippen LogP contribution in [0.25, 0.3) is 10.9 Å². The molecule has 116 valence electrons. The zero-order valence-electron chi connectivity index (χ0n) is 12.3. The van der Waals surface area contributed by atoms with Gasteiger partial charge in [-0.1, -0.05) is 36.4 Å². The third-order valence-electron chi connectivity index (χ3n) is 3.62. The maximum atomic E-state index is 13.5. The topological polar surface area (TPSA) is 62.0 Å². The number of carbonyl (C=O) groups is 1. The Bertz CT molecular complexity index is 918. The molecule has 2 N–H and O–H groups in total. The molecule has 3 rings (SSSR count). The second-order valence-corrected chi connectivity index (χ2v) is 5.26. The standard InChI is InChI=1S/C18H15FN2O2/c19-15-7-3-1-5-12(15)10-17(22)20-11-14-9-13-6-2-4-8-16(13)21-18(14)23/h1-9H,10-11H2,(H,20,22)(H,21,23). The van der Waals surface area contributed by atoms with Gasteiger partial charge in [0, 0.05) is 17.6 Å². The van der Waals surface area contributed by atoms with E-state index >= 15 is 0 Å². The lowest BCUT2D eigenvalue weighted by Gasteiger charge is -2.07. The fraction of sp³-hybridized carbons (Fsp3) is 0.111. The lowest BCUT2D eigenvalue weighted by Crippen LogP contribution is -2.28. The lowest BCUT2D eigenvalue weighted by molar-refractivity contribution is -0.120. The van der Waals surface area contributed by atoms with Crippen LogP contribution in [0, 0.1) is 5.82 Å². The van der Waals surface area contributed by atoms with Gasteiger partial charge in [-0.15, -0.1) is 0 Å². The minimum atomic E-state index is -0.411. The van der Waals surface area contributed by atoms with E-state index in [1.165, 1.54) is 6.07 Å². The van der Waals surface area contributed by atoms with Crippen LogP contribution in [0.3, 0.4) is 0 Å². The van der Waals surface area contributed by atoms with E-state index in [1.54, 1.807) is 24.3 Å². The van der Waals surface area contributed by atoms with Gasteiger partial charge in [0.2, 0.25) is 5.91 Å². The number of halogens is 1. The zero-order chi connectivity index (χ0) is 16.2. The maximum Gasteiger partial charge on any atom is 0.253 e. The van der Waals surface area contributed by atoms with Crippen LogP contribution in [0.2, 0.25) is 0 Å². The van der Waals surface area contributed by atoms with Crippen LogP contribution in [-0.2, 0) is 17.8 Å². The first-order valence-corrected chi connectivity index (χ1v) is 7.24. The number of pyridine rings is 1. The highest BCUT2D eigenvalue weighted by Crippen LogP contribution is 2.10. The van der Waals surface area contributed by atoms with Crippen molar-refractivity contribution in [3.05, 3.63) is 81.9 Å². The Hall–Kier alpha value is -2.95. The molecule has 0 aliphatic heterocycles. The van der Waals surface area contributed by atoms with Crippen molar-refractivity contribution in [1.82, 2.24) is 10.3 Å². The first-order chi connectivity index (χ1) is 11.1. The largest absolute Gasteiger partial charge is 0.352 e. The van der Waals surface area contributed by atoms with Crippen LogP contribution in [0.5, 0.6) is 0 Å². The van der Waals surface area contributed by atoms with Crippen LogP contribution in [-0.4, -0.2) is 10.9 Å². The normalized spacial score (nSPS) is 10.7. The first kappa shape index (κ1) is 15.0. The van der Waals surface area contributed by atoms with Crippen LogP contribution >= 0.6 is 0 Å². The lowest BCUT2D eigenvalue weighted by atomic mass is 10.1. The Balaban J connectivity index is 1.71. The van der Waals surface area contributed by atoms with E-state index in [1.807, 2.05) is 24.3 Å². The van der Waals surface area contributed by atoms with Gasteiger partial charge >= 0.3 is 0 Å². The van der Waals surface area contributed by atoms with Gasteiger partial charge in [-0.05, 0) is 29.1 Å². The molecule has 0 aliphatic rings. The molecule has 0 bridgehead atoms. The molecule has 2 aromatic carbocycles. The van der Waals surface area contributed by atoms with Crippen molar-refractivity contribution in [3.63, 3.8) is 0 Å². The molecular formula is C18H15FN2O2. The molecule has 1 aromatic heterocycles. The summed E-state index contributed by atoms with van der Waals surface area (Å²) >= 11 is 0. The second-order valence-electron chi connectivity index (χ2n) is 5.26. The average Bonchev–Trinajstić information content (AvgIpc) is 2.55. The third-order valence-corrected chi connectivity index (χ3v) is 3.62. The predicted octanol–water partition coefficient (Wildman–Crippen LogP) is 2.53. The highest BCUT2D eigenvalue weighted by Gasteiger charge is 2.09. The summed E-state index contributed by atoms with van der Waals surface area (Å²) in [5, 5.41) is 3.55. The monoisotopic (exact) mass is 310 g/mol. The van der Waals surface area contributed by atoms with E-state index in [0.717, 1.165) is 10.9 Å². The smallest absolute Gasteiger partial charge is 0.253 e. The van der Waals surface area contributed by atoms with Gasteiger partial charge in [0.25, 0.3) is 5.56 Å². The van der Waals surface area contributed by atoms with E-state index in [2.05, 4.69) is 10.3 Å². The van der Waals surface area contributed by atoms with Crippen molar-refractivity contribution in [2.75, 3.05) is 0 Å². The highest BCUT2D eigenvalue weighted by atomic mass is 19.1. The van der Waals surface area contributed by atoms with Crippen molar-refractivity contribution in [2.24, 2.45) is 0 Å². The maximum absolute atomic E-state index is 13.5. The zero-order valence-corrected chi connectivity index (χ0v) is 12.3. The van der Waals surface area contributed by atoms with Gasteiger partial charge in [0.1, 0.15) is 5.82 Å². The number of rotatable bonds is 4. The fourth-order valence-electron chi connectivity index (χ4n) is 2.39. The predicted molar refractivity (Wildman–Crippen MR) is 86.5 cm³/mol. The summed E-state index contributed by atoms with van der Waals surface area (Å²) in [6.07, 6.45) is -0.0574. The number of fused-ring (bicyclic) bond motifs is 1. The number of hydrogen-bond acceptors (Lipinski definition) is 2.